The van der Waals surface area contributed by atoms with Crippen LogP contribution in [-0.4, -0.2) is 48.5 Å². The van der Waals surface area contributed by atoms with E-state index in [1.165, 1.54) is 12.1 Å². The van der Waals surface area contributed by atoms with Crippen molar-refractivity contribution in [1.29, 1.82) is 0 Å². The molecule has 0 saturated heterocycles. The first kappa shape index (κ1) is 28.4. The summed E-state index contributed by atoms with van der Waals surface area (Å²) in [6, 6.07) is 13.7. The number of fused-ring (bicyclic) bond motifs is 1. The summed E-state index contributed by atoms with van der Waals surface area (Å²) in [5.41, 5.74) is 2.35. The fraction of sp³-hybridized carbons (Fsp3) is 0.261. The Kier molecular flexibility index (Phi) is 9.45. The van der Waals surface area contributed by atoms with E-state index >= 15 is 0 Å². The zero-order valence-corrected chi connectivity index (χ0v) is 22.9. The molecular weight excluding hydrogens is 487 g/mol. The third-order valence-electron chi connectivity index (χ3n) is 5.41. The number of para-hydroxylation sites is 1. The van der Waals surface area contributed by atoms with E-state index in [4.69, 9.17) is 0 Å². The molecule has 11 heteroatoms. The maximum Gasteiger partial charge on any atom is 1.00 e. The van der Waals surface area contributed by atoms with Crippen LogP contribution in [0.1, 0.15) is 25.8 Å². The van der Waals surface area contributed by atoms with Crippen molar-refractivity contribution in [3.05, 3.63) is 78.5 Å². The molecule has 1 N–H and O–H groups in total. The van der Waals surface area contributed by atoms with Gasteiger partial charge in [0, 0.05) is 41.8 Å². The van der Waals surface area contributed by atoms with E-state index in [1.807, 2.05) is 60.9 Å². The third-order valence-corrected chi connectivity index (χ3v) is 7.03. The summed E-state index contributed by atoms with van der Waals surface area (Å²) in [5.74, 6) is -0.510. The van der Waals surface area contributed by atoms with Crippen LogP contribution in [0.25, 0.3) is 0 Å². The van der Waals surface area contributed by atoms with Crippen molar-refractivity contribution < 1.29 is 60.1 Å². The van der Waals surface area contributed by atoms with E-state index in [9.17, 15) is 25.9 Å². The zero-order valence-electron chi connectivity index (χ0n) is 19.3. The van der Waals surface area contributed by atoms with Gasteiger partial charge in [-0.15, -0.1) is 0 Å². The molecule has 2 aromatic rings. The third kappa shape index (κ3) is 7.11. The van der Waals surface area contributed by atoms with Crippen LogP contribution in [-0.2, 0) is 25.7 Å². The number of nitrogens with one attached hydrogen (secondary N) is 1. The molecule has 34 heavy (non-hydrogen) atoms. The van der Waals surface area contributed by atoms with Gasteiger partial charge in [-0.05, 0) is 44.2 Å². The van der Waals surface area contributed by atoms with E-state index in [2.05, 4.69) is 5.32 Å². The molecule has 8 nitrogen and oxygen atoms in total. The molecule has 3 rings (SSSR count). The molecule has 0 unspecified atom stereocenters. The van der Waals surface area contributed by atoms with Gasteiger partial charge in [0.15, 0.2) is 5.71 Å². The molecule has 0 amide bonds. The summed E-state index contributed by atoms with van der Waals surface area (Å²) in [6.45, 7) is 4.03. The Morgan fingerprint density at radius 1 is 1.00 bits per heavy atom. The van der Waals surface area contributed by atoms with E-state index in [1.54, 1.807) is 18.3 Å². The van der Waals surface area contributed by atoms with Crippen LogP contribution in [0.2, 0.25) is 0 Å². The second kappa shape index (κ2) is 11.3. The average molecular weight is 513 g/mol. The van der Waals surface area contributed by atoms with Crippen molar-refractivity contribution in [3.63, 3.8) is 0 Å². The Hall–Kier alpha value is -1.79. The molecule has 0 atom stereocenters. The predicted octanol–water partition coefficient (Wildman–Crippen LogP) is 0.0882. The first-order valence-corrected chi connectivity index (χ1v) is 13.2. The normalized spacial score (nSPS) is 15.5. The SMILES string of the molecule is CC1(C)C(/C=C/C=C/Nc2ccccc2)=[N+](CCCS(=O)(=O)[O-])c2ccc(S(=O)(=O)[O-])cc21.[Na+]. The minimum absolute atomic E-state index is 0. The molecule has 0 aliphatic carbocycles. The fourth-order valence-corrected chi connectivity index (χ4v) is 4.81. The van der Waals surface area contributed by atoms with Crippen molar-refractivity contribution in [2.75, 3.05) is 17.6 Å². The number of hydrogen-bond acceptors (Lipinski definition) is 7. The van der Waals surface area contributed by atoms with E-state index in [0.717, 1.165) is 11.4 Å². The molecule has 0 bridgehead atoms. The minimum atomic E-state index is -4.63. The number of nitrogens with zero attached hydrogens (tertiary/aromatic N) is 1. The number of allylic oxidation sites excluding steroid dienone is 3. The van der Waals surface area contributed by atoms with E-state index in [-0.39, 0.29) is 47.4 Å². The monoisotopic (exact) mass is 512 g/mol. The summed E-state index contributed by atoms with van der Waals surface area (Å²) in [4.78, 5) is -0.325. The molecule has 0 aromatic heterocycles. The first-order valence-electron chi connectivity index (χ1n) is 10.2. The van der Waals surface area contributed by atoms with E-state index < -0.39 is 31.4 Å². The second-order valence-electron chi connectivity index (χ2n) is 8.14. The van der Waals surface area contributed by atoms with Crippen LogP contribution in [0, 0.1) is 0 Å². The predicted molar refractivity (Wildman–Crippen MR) is 125 cm³/mol. The van der Waals surface area contributed by atoms with Crippen molar-refractivity contribution in [1.82, 2.24) is 0 Å². The summed E-state index contributed by atoms with van der Waals surface area (Å²) in [6.07, 6.45) is 7.32. The maximum atomic E-state index is 11.5. The molecule has 176 valence electrons. The van der Waals surface area contributed by atoms with Crippen molar-refractivity contribution in [3.8, 4) is 0 Å². The second-order valence-corrected chi connectivity index (χ2v) is 11.0. The number of rotatable bonds is 9. The van der Waals surface area contributed by atoms with Crippen molar-refractivity contribution >= 4 is 37.3 Å². The van der Waals surface area contributed by atoms with Gasteiger partial charge in [-0.3, -0.25) is 0 Å². The summed E-state index contributed by atoms with van der Waals surface area (Å²) in [5, 5.41) is 3.14. The van der Waals surface area contributed by atoms with Gasteiger partial charge in [0.05, 0.1) is 20.4 Å². The van der Waals surface area contributed by atoms with Gasteiger partial charge in [0.25, 0.3) is 0 Å². The van der Waals surface area contributed by atoms with Crippen LogP contribution in [0.5, 0.6) is 0 Å². The Bertz CT molecular complexity index is 1330. The van der Waals surface area contributed by atoms with Crippen molar-refractivity contribution in [2.45, 2.75) is 30.6 Å². The molecular formula is C23H25N2NaO6S2. The molecule has 0 fully saturated rings. The van der Waals surface area contributed by atoms with Crippen LogP contribution in [0.4, 0.5) is 11.4 Å². The van der Waals surface area contributed by atoms with Gasteiger partial charge in [-0.1, -0.05) is 24.3 Å². The number of anilines is 1. The summed E-state index contributed by atoms with van der Waals surface area (Å²) >= 11 is 0. The average Bonchev–Trinajstić information content (AvgIpc) is 2.93. The van der Waals surface area contributed by atoms with Gasteiger partial charge >= 0.3 is 29.6 Å². The number of hydrogen-bond donors (Lipinski definition) is 1. The summed E-state index contributed by atoms with van der Waals surface area (Å²) < 4.78 is 69.7. The first-order chi connectivity index (χ1) is 15.4. The molecule has 2 aromatic carbocycles. The van der Waals surface area contributed by atoms with Crippen LogP contribution in [0.3, 0.4) is 0 Å². The maximum absolute atomic E-state index is 11.5. The Morgan fingerprint density at radius 2 is 1.68 bits per heavy atom. The minimum Gasteiger partial charge on any atom is -0.748 e. The zero-order chi connectivity index (χ0) is 24.3. The van der Waals surface area contributed by atoms with Crippen LogP contribution >= 0.6 is 0 Å². The molecule has 1 aliphatic heterocycles. The van der Waals surface area contributed by atoms with Crippen LogP contribution in [0.15, 0.2) is 77.9 Å². The Balaban J connectivity index is 0.00000408. The van der Waals surface area contributed by atoms with Gasteiger partial charge in [-0.25, -0.2) is 16.8 Å². The van der Waals surface area contributed by atoms with E-state index in [0.29, 0.717) is 11.3 Å². The number of benzene rings is 2. The van der Waals surface area contributed by atoms with Gasteiger partial charge < -0.3 is 14.4 Å². The van der Waals surface area contributed by atoms with Crippen molar-refractivity contribution in [2.24, 2.45) is 0 Å². The largest absolute Gasteiger partial charge is 1.00 e. The molecule has 0 saturated carbocycles. The smallest absolute Gasteiger partial charge is 0.748 e. The summed E-state index contributed by atoms with van der Waals surface area (Å²) in [7, 11) is -8.99. The van der Waals surface area contributed by atoms with Gasteiger partial charge in [0.1, 0.15) is 16.7 Å². The fourth-order valence-electron chi connectivity index (χ4n) is 3.83. The Morgan fingerprint density at radius 3 is 2.29 bits per heavy atom. The van der Waals surface area contributed by atoms with Gasteiger partial charge in [-0.2, -0.15) is 4.58 Å². The topological polar surface area (TPSA) is 129 Å². The van der Waals surface area contributed by atoms with Crippen LogP contribution < -0.4 is 34.9 Å². The molecule has 0 spiro atoms. The standard InChI is InChI=1S/C23H26N2O6S2.Na/c1-23(2)20-17-19(33(29,30)31)12-13-21(20)25(15-8-16-32(26,27)28)22(23)11-6-7-14-24-18-9-4-3-5-10-18;/h3-7,9-14,17H,8,15-16H2,1-2H3,(H2,26,27,28,29,30,31);/q;+1/p-1. The molecule has 0 radical (unpaired) electrons. The molecule has 1 aliphatic rings. The quantitative estimate of drug-likeness (QED) is 0.218. The Labute approximate surface area is 222 Å². The molecule has 1 heterocycles. The van der Waals surface area contributed by atoms with Gasteiger partial charge in [0.2, 0.25) is 5.69 Å².